The second-order valence-corrected chi connectivity index (χ2v) is 5.47. The molecule has 1 amide bonds. The van der Waals surface area contributed by atoms with Crippen molar-refractivity contribution in [1.82, 2.24) is 10.3 Å². The summed E-state index contributed by atoms with van der Waals surface area (Å²) < 4.78 is 0. The molecule has 1 atom stereocenters. The number of H-pyrrole nitrogens is 1. The summed E-state index contributed by atoms with van der Waals surface area (Å²) in [5.74, 6) is 0.0149. The zero-order valence-corrected chi connectivity index (χ0v) is 12.4. The van der Waals surface area contributed by atoms with Crippen LogP contribution in [0.1, 0.15) is 56.3 Å². The van der Waals surface area contributed by atoms with E-state index in [2.05, 4.69) is 24.1 Å². The molecule has 2 aromatic rings. The fourth-order valence-corrected chi connectivity index (χ4v) is 2.53. The van der Waals surface area contributed by atoms with Crippen molar-refractivity contribution in [3.63, 3.8) is 0 Å². The molecule has 1 aromatic carbocycles. The van der Waals surface area contributed by atoms with Crippen LogP contribution in [0.25, 0.3) is 10.9 Å². The Bertz CT molecular complexity index is 559. The minimum absolute atomic E-state index is 0.0149. The first-order valence-corrected chi connectivity index (χ1v) is 7.59. The molecule has 108 valence electrons. The van der Waals surface area contributed by atoms with Gasteiger partial charge in [0.05, 0.1) is 11.1 Å². The number of benzene rings is 1. The third-order valence-electron chi connectivity index (χ3n) is 3.70. The number of aromatic amines is 1. The number of fused-ring (bicyclic) bond motifs is 1. The SMILES string of the molecule is CCCCCCC(C)NC(=O)c1cccc2cc[nH]c12. The molecule has 0 aliphatic carbocycles. The van der Waals surface area contributed by atoms with Gasteiger partial charge in [0.2, 0.25) is 0 Å². The molecule has 3 heteroatoms. The maximum atomic E-state index is 12.3. The number of carbonyl (C=O) groups excluding carboxylic acids is 1. The smallest absolute Gasteiger partial charge is 0.253 e. The number of hydrogen-bond acceptors (Lipinski definition) is 1. The number of rotatable bonds is 7. The largest absolute Gasteiger partial charge is 0.361 e. The van der Waals surface area contributed by atoms with E-state index in [9.17, 15) is 4.79 Å². The molecule has 0 spiro atoms. The Balaban J connectivity index is 1.93. The lowest BCUT2D eigenvalue weighted by Crippen LogP contribution is -2.32. The van der Waals surface area contributed by atoms with Crippen LogP contribution in [0.4, 0.5) is 0 Å². The molecule has 1 unspecified atom stereocenters. The maximum absolute atomic E-state index is 12.3. The second kappa shape index (κ2) is 7.13. The van der Waals surface area contributed by atoms with E-state index < -0.39 is 0 Å². The fraction of sp³-hybridized carbons (Fsp3) is 0.471. The number of carbonyl (C=O) groups is 1. The van der Waals surface area contributed by atoms with Crippen LogP contribution >= 0.6 is 0 Å². The summed E-state index contributed by atoms with van der Waals surface area (Å²) in [5.41, 5.74) is 1.65. The van der Waals surface area contributed by atoms with Gasteiger partial charge >= 0.3 is 0 Å². The second-order valence-electron chi connectivity index (χ2n) is 5.47. The van der Waals surface area contributed by atoms with Gasteiger partial charge in [-0.1, -0.05) is 44.7 Å². The summed E-state index contributed by atoms with van der Waals surface area (Å²) in [6, 6.07) is 8.02. The summed E-state index contributed by atoms with van der Waals surface area (Å²) >= 11 is 0. The molecule has 0 aliphatic rings. The van der Waals surface area contributed by atoms with Crippen LogP contribution in [0.15, 0.2) is 30.5 Å². The molecular formula is C17H24N2O. The van der Waals surface area contributed by atoms with E-state index >= 15 is 0 Å². The number of nitrogens with one attached hydrogen (secondary N) is 2. The average Bonchev–Trinajstić information content (AvgIpc) is 2.91. The van der Waals surface area contributed by atoms with Crippen molar-refractivity contribution in [2.45, 2.75) is 52.0 Å². The normalized spacial score (nSPS) is 12.5. The maximum Gasteiger partial charge on any atom is 0.253 e. The Hall–Kier alpha value is -1.77. The lowest BCUT2D eigenvalue weighted by Gasteiger charge is -2.14. The number of amides is 1. The molecular weight excluding hydrogens is 248 g/mol. The van der Waals surface area contributed by atoms with Crippen molar-refractivity contribution in [1.29, 1.82) is 0 Å². The van der Waals surface area contributed by atoms with E-state index in [1.807, 2.05) is 30.5 Å². The Kier molecular flexibility index (Phi) is 5.22. The van der Waals surface area contributed by atoms with Gasteiger partial charge in [0.1, 0.15) is 0 Å². The first-order valence-electron chi connectivity index (χ1n) is 7.59. The number of unbranched alkanes of at least 4 members (excludes halogenated alkanes) is 3. The monoisotopic (exact) mass is 272 g/mol. The standard InChI is InChI=1S/C17H24N2O/c1-3-4-5-6-8-13(2)19-17(20)15-10-7-9-14-11-12-18-16(14)15/h7,9-13,18H,3-6,8H2,1-2H3,(H,19,20). The van der Waals surface area contributed by atoms with E-state index in [0.29, 0.717) is 0 Å². The summed E-state index contributed by atoms with van der Waals surface area (Å²) in [7, 11) is 0. The van der Waals surface area contributed by atoms with Gasteiger partial charge in [0.15, 0.2) is 0 Å². The van der Waals surface area contributed by atoms with Crippen molar-refractivity contribution >= 4 is 16.8 Å². The molecule has 1 aromatic heterocycles. The predicted octanol–water partition coefficient (Wildman–Crippen LogP) is 4.26. The van der Waals surface area contributed by atoms with Crippen LogP contribution in [0.3, 0.4) is 0 Å². The van der Waals surface area contributed by atoms with Crippen molar-refractivity contribution in [2.24, 2.45) is 0 Å². The highest BCUT2D eigenvalue weighted by Crippen LogP contribution is 2.17. The molecule has 2 N–H and O–H groups in total. The van der Waals surface area contributed by atoms with Crippen LogP contribution in [-0.4, -0.2) is 16.9 Å². The van der Waals surface area contributed by atoms with Gasteiger partial charge in [-0.15, -0.1) is 0 Å². The van der Waals surface area contributed by atoms with Gasteiger partial charge in [0.25, 0.3) is 5.91 Å². The number of aromatic nitrogens is 1. The van der Waals surface area contributed by atoms with Gasteiger partial charge in [0, 0.05) is 17.6 Å². The fourth-order valence-electron chi connectivity index (χ4n) is 2.53. The molecule has 0 fully saturated rings. The van der Waals surface area contributed by atoms with Gasteiger partial charge in [-0.3, -0.25) is 4.79 Å². The Morgan fingerprint density at radius 2 is 2.10 bits per heavy atom. The first-order chi connectivity index (χ1) is 9.72. The zero-order valence-electron chi connectivity index (χ0n) is 12.4. The summed E-state index contributed by atoms with van der Waals surface area (Å²) in [4.78, 5) is 15.5. The first kappa shape index (κ1) is 14.6. The quantitative estimate of drug-likeness (QED) is 0.727. The number of para-hydroxylation sites is 1. The van der Waals surface area contributed by atoms with Crippen LogP contribution < -0.4 is 5.32 Å². The highest BCUT2D eigenvalue weighted by molar-refractivity contribution is 6.05. The minimum atomic E-state index is 0.0149. The van der Waals surface area contributed by atoms with Crippen molar-refractivity contribution in [3.05, 3.63) is 36.0 Å². The third kappa shape index (κ3) is 3.62. The lowest BCUT2D eigenvalue weighted by molar-refractivity contribution is 0.0939. The summed E-state index contributed by atoms with van der Waals surface area (Å²) in [6.45, 7) is 4.29. The van der Waals surface area contributed by atoms with Gasteiger partial charge in [-0.25, -0.2) is 0 Å². The topological polar surface area (TPSA) is 44.9 Å². The molecule has 0 bridgehead atoms. The van der Waals surface area contributed by atoms with Crippen molar-refractivity contribution in [3.8, 4) is 0 Å². The van der Waals surface area contributed by atoms with Gasteiger partial charge in [-0.05, 0) is 25.5 Å². The average molecular weight is 272 g/mol. The Morgan fingerprint density at radius 1 is 1.25 bits per heavy atom. The van der Waals surface area contributed by atoms with Crippen LogP contribution in [0.5, 0.6) is 0 Å². The van der Waals surface area contributed by atoms with Crippen molar-refractivity contribution < 1.29 is 4.79 Å². The van der Waals surface area contributed by atoms with Gasteiger partial charge < -0.3 is 10.3 Å². The molecule has 2 rings (SSSR count). The minimum Gasteiger partial charge on any atom is -0.361 e. The van der Waals surface area contributed by atoms with Crippen LogP contribution in [0, 0.1) is 0 Å². The van der Waals surface area contributed by atoms with Crippen LogP contribution in [0.2, 0.25) is 0 Å². The predicted molar refractivity (Wildman–Crippen MR) is 84.0 cm³/mol. The third-order valence-corrected chi connectivity index (χ3v) is 3.70. The zero-order chi connectivity index (χ0) is 14.4. The highest BCUT2D eigenvalue weighted by Gasteiger charge is 2.12. The molecule has 0 aliphatic heterocycles. The van der Waals surface area contributed by atoms with Crippen molar-refractivity contribution in [2.75, 3.05) is 0 Å². The molecule has 1 heterocycles. The van der Waals surface area contributed by atoms with Gasteiger partial charge in [-0.2, -0.15) is 0 Å². The van der Waals surface area contributed by atoms with E-state index in [1.165, 1.54) is 25.7 Å². The highest BCUT2D eigenvalue weighted by atomic mass is 16.1. The van der Waals surface area contributed by atoms with E-state index in [0.717, 1.165) is 22.9 Å². The lowest BCUT2D eigenvalue weighted by atomic mass is 10.1. The molecule has 0 radical (unpaired) electrons. The Labute approximate surface area is 120 Å². The van der Waals surface area contributed by atoms with Crippen LogP contribution in [-0.2, 0) is 0 Å². The van der Waals surface area contributed by atoms with E-state index in [-0.39, 0.29) is 11.9 Å². The number of hydrogen-bond donors (Lipinski definition) is 2. The molecule has 20 heavy (non-hydrogen) atoms. The summed E-state index contributed by atoms with van der Waals surface area (Å²) in [5, 5.41) is 4.17. The Morgan fingerprint density at radius 3 is 2.90 bits per heavy atom. The van der Waals surface area contributed by atoms with E-state index in [4.69, 9.17) is 0 Å². The van der Waals surface area contributed by atoms with E-state index in [1.54, 1.807) is 0 Å². The molecule has 0 saturated carbocycles. The molecule has 3 nitrogen and oxygen atoms in total. The molecule has 0 saturated heterocycles. The summed E-state index contributed by atoms with van der Waals surface area (Å²) in [6.07, 6.45) is 7.88.